The molecule has 1 heterocycles. The predicted molar refractivity (Wildman–Crippen MR) is 116 cm³/mol. The molecule has 6 nitrogen and oxygen atoms in total. The largest absolute Gasteiger partial charge is 0.488 e. The Balaban J connectivity index is 1.52. The summed E-state index contributed by atoms with van der Waals surface area (Å²) in [5.74, 6) is 1.37. The molecule has 0 aliphatic carbocycles. The average molecular weight is 416 g/mol. The van der Waals surface area contributed by atoms with Crippen LogP contribution in [0, 0.1) is 12.7 Å². The highest BCUT2D eigenvalue weighted by Gasteiger charge is 2.19. The normalized spacial score (nSPS) is 17.5. The van der Waals surface area contributed by atoms with Gasteiger partial charge in [-0.15, -0.1) is 0 Å². The van der Waals surface area contributed by atoms with Crippen molar-refractivity contribution in [2.45, 2.75) is 39.0 Å². The molecule has 2 atom stereocenters. The van der Waals surface area contributed by atoms with Gasteiger partial charge in [0.05, 0.1) is 19.8 Å². The van der Waals surface area contributed by atoms with Gasteiger partial charge in [-0.2, -0.15) is 0 Å². The Labute approximate surface area is 177 Å². The number of hydrogen-bond donors (Lipinski definition) is 2. The lowest BCUT2D eigenvalue weighted by atomic mass is 10.1. The number of hydrogen-bond acceptors (Lipinski definition) is 4. The van der Waals surface area contributed by atoms with E-state index in [1.165, 1.54) is 6.07 Å². The van der Waals surface area contributed by atoms with Gasteiger partial charge in [0, 0.05) is 25.6 Å². The number of ether oxygens (including phenoxy) is 3. The van der Waals surface area contributed by atoms with Crippen molar-refractivity contribution in [3.63, 3.8) is 0 Å². The summed E-state index contributed by atoms with van der Waals surface area (Å²) >= 11 is 0. The van der Waals surface area contributed by atoms with Gasteiger partial charge in [-0.05, 0) is 37.6 Å². The minimum absolute atomic E-state index is 0.0966. The second kappa shape index (κ2) is 10.8. The Morgan fingerprint density at radius 1 is 1.23 bits per heavy atom. The van der Waals surface area contributed by atoms with E-state index in [1.54, 1.807) is 25.2 Å². The van der Waals surface area contributed by atoms with Crippen LogP contribution in [0.5, 0.6) is 11.5 Å². The van der Waals surface area contributed by atoms with Crippen LogP contribution in [0.25, 0.3) is 0 Å². The number of aryl methyl sites for hydroxylation is 1. The molecule has 2 N–H and O–H groups in total. The van der Waals surface area contributed by atoms with Crippen LogP contribution in [0.4, 0.5) is 4.39 Å². The van der Waals surface area contributed by atoms with Crippen molar-refractivity contribution in [1.29, 1.82) is 0 Å². The first-order valence-electron chi connectivity index (χ1n) is 10.2. The van der Waals surface area contributed by atoms with Crippen LogP contribution in [0.15, 0.2) is 47.5 Å². The van der Waals surface area contributed by atoms with Crippen molar-refractivity contribution < 1.29 is 18.6 Å². The number of para-hydroxylation sites is 1. The maximum absolute atomic E-state index is 13.7. The molecule has 30 heavy (non-hydrogen) atoms. The fourth-order valence-corrected chi connectivity index (χ4v) is 3.14. The summed E-state index contributed by atoms with van der Waals surface area (Å²) in [6.45, 7) is 6.34. The van der Waals surface area contributed by atoms with Crippen molar-refractivity contribution in [2.24, 2.45) is 4.99 Å². The van der Waals surface area contributed by atoms with Crippen LogP contribution in [0.3, 0.4) is 0 Å². The first kappa shape index (κ1) is 21.9. The molecule has 1 aliphatic heterocycles. The molecule has 0 bridgehead atoms. The lowest BCUT2D eigenvalue weighted by molar-refractivity contribution is 0.140. The van der Waals surface area contributed by atoms with E-state index < -0.39 is 0 Å². The monoisotopic (exact) mass is 415 g/mol. The lowest BCUT2D eigenvalue weighted by Crippen LogP contribution is -2.41. The van der Waals surface area contributed by atoms with Gasteiger partial charge < -0.3 is 24.8 Å². The number of rotatable bonds is 8. The molecule has 0 amide bonds. The van der Waals surface area contributed by atoms with Crippen LogP contribution in [-0.4, -0.2) is 45.0 Å². The Kier molecular flexibility index (Phi) is 7.90. The third kappa shape index (κ3) is 6.35. The van der Waals surface area contributed by atoms with E-state index in [1.807, 2.05) is 13.8 Å². The molecule has 0 saturated carbocycles. The Morgan fingerprint density at radius 2 is 2.07 bits per heavy atom. The second-order valence-corrected chi connectivity index (χ2v) is 7.38. The molecular weight excluding hydrogens is 385 g/mol. The molecule has 2 aromatic rings. The summed E-state index contributed by atoms with van der Waals surface area (Å²) < 4.78 is 31.0. The number of nitrogens with one attached hydrogen (secondary N) is 2. The molecule has 1 aliphatic rings. The molecule has 1 fully saturated rings. The molecule has 162 valence electrons. The SMILES string of the molecule is CN=C(NCc1ccc(C)cc1OC1CCOC1)NCC(C)Oc1ccccc1F. The number of guanidine groups is 1. The summed E-state index contributed by atoms with van der Waals surface area (Å²) in [5.41, 5.74) is 2.19. The van der Waals surface area contributed by atoms with Crippen molar-refractivity contribution in [2.75, 3.05) is 26.8 Å². The van der Waals surface area contributed by atoms with E-state index in [0.717, 1.165) is 29.9 Å². The second-order valence-electron chi connectivity index (χ2n) is 7.38. The quantitative estimate of drug-likeness (QED) is 0.511. The highest BCUT2D eigenvalue weighted by atomic mass is 19.1. The maximum atomic E-state index is 13.7. The summed E-state index contributed by atoms with van der Waals surface area (Å²) in [5, 5.41) is 6.51. The van der Waals surface area contributed by atoms with E-state index in [-0.39, 0.29) is 23.8 Å². The lowest BCUT2D eigenvalue weighted by Gasteiger charge is -2.19. The van der Waals surface area contributed by atoms with Gasteiger partial charge >= 0.3 is 0 Å². The van der Waals surface area contributed by atoms with Crippen LogP contribution in [0.2, 0.25) is 0 Å². The third-order valence-electron chi connectivity index (χ3n) is 4.80. The highest BCUT2D eigenvalue weighted by Crippen LogP contribution is 2.24. The van der Waals surface area contributed by atoms with E-state index in [2.05, 4.69) is 33.8 Å². The first-order valence-corrected chi connectivity index (χ1v) is 10.2. The molecule has 3 rings (SSSR count). The number of benzene rings is 2. The zero-order chi connectivity index (χ0) is 21.3. The van der Waals surface area contributed by atoms with Gasteiger partial charge in [0.25, 0.3) is 0 Å². The summed E-state index contributed by atoms with van der Waals surface area (Å²) in [6.07, 6.45) is 0.768. The zero-order valence-corrected chi connectivity index (χ0v) is 17.8. The molecule has 0 radical (unpaired) electrons. The van der Waals surface area contributed by atoms with E-state index in [4.69, 9.17) is 14.2 Å². The number of halogens is 1. The van der Waals surface area contributed by atoms with Gasteiger partial charge in [-0.1, -0.05) is 24.3 Å². The molecule has 2 aromatic carbocycles. The van der Waals surface area contributed by atoms with Crippen molar-refractivity contribution in [3.05, 3.63) is 59.4 Å². The molecule has 2 unspecified atom stereocenters. The van der Waals surface area contributed by atoms with Crippen molar-refractivity contribution in [3.8, 4) is 11.5 Å². The fourth-order valence-electron chi connectivity index (χ4n) is 3.14. The highest BCUT2D eigenvalue weighted by molar-refractivity contribution is 5.79. The molecule has 0 aromatic heterocycles. The van der Waals surface area contributed by atoms with E-state index >= 15 is 0 Å². The predicted octanol–water partition coefficient (Wildman–Crippen LogP) is 3.43. The van der Waals surface area contributed by atoms with Gasteiger partial charge in [0.2, 0.25) is 0 Å². The maximum Gasteiger partial charge on any atom is 0.191 e. The van der Waals surface area contributed by atoms with Crippen LogP contribution in [0.1, 0.15) is 24.5 Å². The molecule has 1 saturated heterocycles. The van der Waals surface area contributed by atoms with Crippen LogP contribution in [-0.2, 0) is 11.3 Å². The summed E-state index contributed by atoms with van der Waals surface area (Å²) in [7, 11) is 1.71. The van der Waals surface area contributed by atoms with Crippen molar-refractivity contribution in [1.82, 2.24) is 10.6 Å². The molecule has 7 heteroatoms. The fraction of sp³-hybridized carbons (Fsp3) is 0.435. The average Bonchev–Trinajstić information content (AvgIpc) is 3.24. The first-order chi connectivity index (χ1) is 14.5. The summed E-state index contributed by atoms with van der Waals surface area (Å²) in [4.78, 5) is 4.25. The molecular formula is C23H30FN3O3. The minimum atomic E-state index is -0.369. The van der Waals surface area contributed by atoms with Gasteiger partial charge in [0.15, 0.2) is 17.5 Å². The van der Waals surface area contributed by atoms with E-state index in [9.17, 15) is 4.39 Å². The Morgan fingerprint density at radius 3 is 2.80 bits per heavy atom. The number of nitrogens with zero attached hydrogens (tertiary/aromatic N) is 1. The third-order valence-corrected chi connectivity index (χ3v) is 4.80. The minimum Gasteiger partial charge on any atom is -0.488 e. The smallest absolute Gasteiger partial charge is 0.191 e. The summed E-state index contributed by atoms with van der Waals surface area (Å²) in [6, 6.07) is 12.6. The molecule has 0 spiro atoms. The van der Waals surface area contributed by atoms with Crippen LogP contribution < -0.4 is 20.1 Å². The Bertz CT molecular complexity index is 853. The van der Waals surface area contributed by atoms with Crippen LogP contribution >= 0.6 is 0 Å². The topological polar surface area (TPSA) is 64.1 Å². The van der Waals surface area contributed by atoms with Gasteiger partial charge in [0.1, 0.15) is 18.0 Å². The Hall–Kier alpha value is -2.80. The van der Waals surface area contributed by atoms with Crippen molar-refractivity contribution >= 4 is 5.96 Å². The standard InChI is InChI=1S/C23H30FN3O3/c1-16-8-9-18(22(12-16)30-19-10-11-28-15-19)14-27-23(25-3)26-13-17(2)29-21-7-5-4-6-20(21)24/h4-9,12,17,19H,10-11,13-15H2,1-3H3,(H2,25,26,27). The van der Waals surface area contributed by atoms with E-state index in [0.29, 0.717) is 25.7 Å². The van der Waals surface area contributed by atoms with Gasteiger partial charge in [-0.3, -0.25) is 4.99 Å². The van der Waals surface area contributed by atoms with Gasteiger partial charge in [-0.25, -0.2) is 4.39 Å². The zero-order valence-electron chi connectivity index (χ0n) is 17.8. The number of aliphatic imine (C=N–C) groups is 1.